The summed E-state index contributed by atoms with van der Waals surface area (Å²) in [6, 6.07) is 30.4. The number of halogens is 1. The van der Waals surface area contributed by atoms with Gasteiger partial charge in [0.15, 0.2) is 5.78 Å². The van der Waals surface area contributed by atoms with Crippen molar-refractivity contribution in [3.8, 4) is 0 Å². The van der Waals surface area contributed by atoms with Crippen LogP contribution in [0, 0.1) is 5.82 Å². The van der Waals surface area contributed by atoms with Crippen LogP contribution in [0.15, 0.2) is 115 Å². The van der Waals surface area contributed by atoms with Gasteiger partial charge in [-0.15, -0.1) is 0 Å². The molecule has 0 saturated carbocycles. The Morgan fingerprint density at radius 3 is 1.95 bits per heavy atom. The van der Waals surface area contributed by atoms with Crippen LogP contribution in [0.25, 0.3) is 5.57 Å². The van der Waals surface area contributed by atoms with Crippen molar-refractivity contribution >= 4 is 24.9 Å². The minimum absolute atomic E-state index is 0.0768. The van der Waals surface area contributed by atoms with Gasteiger partial charge in [-0.2, -0.15) is 0 Å². The Hall–Kier alpha value is -4.16. The quantitative estimate of drug-likeness (QED) is 0.0767. The van der Waals surface area contributed by atoms with Gasteiger partial charge in [0, 0.05) is 5.56 Å². The third-order valence-electron chi connectivity index (χ3n) is 7.09. The number of allylic oxidation sites excluding steroid dienone is 1. The third kappa shape index (κ3) is 8.45. The maximum Gasteiger partial charge on any atom is 0.338 e. The monoisotopic (exact) mass is 600 g/mol. The predicted molar refractivity (Wildman–Crippen MR) is 165 cm³/mol. The van der Waals surface area contributed by atoms with Gasteiger partial charge >= 0.3 is 13.6 Å². The number of rotatable bonds is 12. The Bertz CT molecular complexity index is 1610. The van der Waals surface area contributed by atoms with Crippen LogP contribution in [0.1, 0.15) is 52.9 Å². The third-order valence-corrected chi connectivity index (χ3v) is 7.86. The molecule has 0 aliphatic heterocycles. The molecule has 4 rings (SSSR count). The van der Waals surface area contributed by atoms with E-state index in [-0.39, 0.29) is 30.3 Å². The van der Waals surface area contributed by atoms with E-state index in [0.717, 1.165) is 5.56 Å². The molecule has 2 N–H and O–H groups in total. The van der Waals surface area contributed by atoms with Gasteiger partial charge in [-0.25, -0.2) is 9.18 Å². The van der Waals surface area contributed by atoms with E-state index in [4.69, 9.17) is 4.74 Å². The second kappa shape index (κ2) is 13.9. The normalized spacial score (nSPS) is 13.4. The zero-order chi connectivity index (χ0) is 31.0. The molecule has 0 aromatic heterocycles. The number of hydrogen-bond donors (Lipinski definition) is 2. The molecule has 0 radical (unpaired) electrons. The maximum absolute atomic E-state index is 14.6. The van der Waals surface area contributed by atoms with Crippen LogP contribution in [0.3, 0.4) is 0 Å². The molecule has 43 heavy (non-hydrogen) atoms. The van der Waals surface area contributed by atoms with Gasteiger partial charge in [-0.05, 0) is 73.2 Å². The Morgan fingerprint density at radius 1 is 0.814 bits per heavy atom. The minimum Gasteiger partial charge on any atom is -0.459 e. The number of ketones is 1. The summed E-state index contributed by atoms with van der Waals surface area (Å²) in [4.78, 5) is 46.9. The van der Waals surface area contributed by atoms with E-state index < -0.39 is 31.0 Å². The van der Waals surface area contributed by atoms with E-state index in [9.17, 15) is 28.3 Å². The molecule has 0 heterocycles. The van der Waals surface area contributed by atoms with Crippen molar-refractivity contribution in [2.75, 3.05) is 0 Å². The summed E-state index contributed by atoms with van der Waals surface area (Å²) >= 11 is 0. The summed E-state index contributed by atoms with van der Waals surface area (Å²) < 4.78 is 31.1. The number of Topliss-reactive ketones (excluding diaryl/α,β-unsaturated/α-hetero) is 1. The first-order valence-electron chi connectivity index (χ1n) is 13.9. The van der Waals surface area contributed by atoms with Crippen molar-refractivity contribution in [1.29, 1.82) is 0 Å². The lowest BCUT2D eigenvalue weighted by atomic mass is 9.68. The molecule has 4 aromatic carbocycles. The van der Waals surface area contributed by atoms with Crippen molar-refractivity contribution in [2.45, 2.75) is 44.4 Å². The van der Waals surface area contributed by atoms with Crippen LogP contribution in [-0.4, -0.2) is 27.6 Å². The molecule has 0 amide bonds. The summed E-state index contributed by atoms with van der Waals surface area (Å²) in [5, 5.41) is 0. The molecule has 0 aliphatic rings. The van der Waals surface area contributed by atoms with Crippen LogP contribution < -0.4 is 0 Å². The Kier molecular flexibility index (Phi) is 10.3. The molecule has 6 nitrogen and oxygen atoms in total. The van der Waals surface area contributed by atoms with Crippen molar-refractivity contribution in [1.82, 2.24) is 0 Å². The summed E-state index contributed by atoms with van der Waals surface area (Å²) in [7, 11) is -4.32. The molecule has 0 bridgehead atoms. The van der Waals surface area contributed by atoms with Gasteiger partial charge in [-0.3, -0.25) is 9.36 Å². The molecule has 8 heteroatoms. The number of esters is 1. The van der Waals surface area contributed by atoms with Gasteiger partial charge in [0.05, 0.1) is 23.3 Å². The van der Waals surface area contributed by atoms with E-state index in [1.165, 1.54) is 24.3 Å². The van der Waals surface area contributed by atoms with Crippen molar-refractivity contribution in [2.24, 2.45) is 0 Å². The highest BCUT2D eigenvalue weighted by atomic mass is 31.2. The van der Waals surface area contributed by atoms with Crippen LogP contribution in [0.2, 0.25) is 0 Å². The smallest absolute Gasteiger partial charge is 0.338 e. The maximum atomic E-state index is 14.6. The fourth-order valence-corrected chi connectivity index (χ4v) is 5.76. The molecule has 222 valence electrons. The molecular formula is C35H34FO6P. The van der Waals surface area contributed by atoms with Crippen LogP contribution in [0.5, 0.6) is 0 Å². The highest BCUT2D eigenvalue weighted by Crippen LogP contribution is 2.41. The van der Waals surface area contributed by atoms with E-state index in [2.05, 4.69) is 0 Å². The van der Waals surface area contributed by atoms with Gasteiger partial charge in [0.1, 0.15) is 5.82 Å². The first-order valence-corrected chi connectivity index (χ1v) is 15.7. The van der Waals surface area contributed by atoms with Gasteiger partial charge in [-0.1, -0.05) is 91.0 Å². The van der Waals surface area contributed by atoms with E-state index in [0.29, 0.717) is 22.3 Å². The minimum atomic E-state index is -4.32. The van der Waals surface area contributed by atoms with Crippen LogP contribution in [0.4, 0.5) is 4.39 Å². The lowest BCUT2D eigenvalue weighted by Crippen LogP contribution is -2.38. The fourth-order valence-electron chi connectivity index (χ4n) is 5.08. The Morgan fingerprint density at radius 2 is 1.40 bits per heavy atom. The summed E-state index contributed by atoms with van der Waals surface area (Å²) in [6.07, 6.45) is 1.22. The average molecular weight is 601 g/mol. The molecule has 0 spiro atoms. The summed E-state index contributed by atoms with van der Waals surface area (Å²) in [5.41, 5.74) is 1.80. The Balaban J connectivity index is 1.93. The number of benzene rings is 4. The molecule has 0 aliphatic carbocycles. The lowest BCUT2D eigenvalue weighted by molar-refractivity contribution is -0.140. The van der Waals surface area contributed by atoms with Crippen LogP contribution in [-0.2, 0) is 32.1 Å². The molecule has 1 atom stereocenters. The number of ether oxygens (including phenoxy) is 1. The van der Waals surface area contributed by atoms with Crippen LogP contribution >= 0.6 is 7.60 Å². The van der Waals surface area contributed by atoms with Crippen molar-refractivity contribution in [3.05, 3.63) is 149 Å². The number of carbonyl (C=O) groups excluding carboxylic acids is 2. The second-order valence-corrected chi connectivity index (χ2v) is 12.4. The first-order chi connectivity index (χ1) is 20.5. The zero-order valence-electron chi connectivity index (χ0n) is 24.0. The molecule has 0 fully saturated rings. The van der Waals surface area contributed by atoms with E-state index >= 15 is 0 Å². The molecule has 0 saturated heterocycles. The average Bonchev–Trinajstić information content (AvgIpc) is 2.97. The summed E-state index contributed by atoms with van der Waals surface area (Å²) in [6.45, 7) is 3.52. The Labute approximate surface area is 251 Å². The highest BCUT2D eigenvalue weighted by Gasteiger charge is 2.40. The standard InChI is InChI=1S/C35H34FO6P/c1-25(2)42-34(38)32(28-11-7-4-8-12-28)21-22-35(23-26-9-5-3-6-10-26,33(37)29-15-19-31(36)20-16-29)30-17-13-27(14-18-30)24-43(39,40)41/h3-21,25H,22-24H2,1-2H3,(H2,39,40,41)/b32-21-. The number of hydrogen-bond acceptors (Lipinski definition) is 4. The fraction of sp³-hybridized carbons (Fsp3) is 0.200. The van der Waals surface area contributed by atoms with Gasteiger partial charge in [0.2, 0.25) is 0 Å². The largest absolute Gasteiger partial charge is 0.459 e. The SMILES string of the molecule is CC(C)OC(=O)/C(=C\CC(Cc1ccccc1)(C(=O)c1ccc(F)cc1)c1ccc(CP(=O)(O)O)cc1)c1ccccc1. The second-order valence-electron chi connectivity index (χ2n) is 10.7. The zero-order valence-corrected chi connectivity index (χ0v) is 24.9. The summed E-state index contributed by atoms with van der Waals surface area (Å²) in [5.74, 6) is -1.30. The van der Waals surface area contributed by atoms with Gasteiger partial charge < -0.3 is 14.5 Å². The predicted octanol–water partition coefficient (Wildman–Crippen LogP) is 7.29. The molecular weight excluding hydrogens is 566 g/mol. The molecule has 4 aromatic rings. The topological polar surface area (TPSA) is 101 Å². The van der Waals surface area contributed by atoms with Gasteiger partial charge in [0.25, 0.3) is 0 Å². The first kappa shape index (κ1) is 31.8. The van der Waals surface area contributed by atoms with E-state index in [1.54, 1.807) is 56.3 Å². The van der Waals surface area contributed by atoms with E-state index in [1.807, 2.05) is 48.5 Å². The highest BCUT2D eigenvalue weighted by molar-refractivity contribution is 7.50. The molecule has 1 unspecified atom stereocenters. The number of carbonyl (C=O) groups is 2. The van der Waals surface area contributed by atoms with Crippen molar-refractivity contribution < 1.29 is 33.1 Å². The lowest BCUT2D eigenvalue weighted by Gasteiger charge is -2.33. The van der Waals surface area contributed by atoms with Crippen molar-refractivity contribution in [3.63, 3.8) is 0 Å².